The van der Waals surface area contributed by atoms with E-state index >= 15 is 0 Å². The number of nitrogens with one attached hydrogen (secondary N) is 2. The number of carbonyl (C=O) groups excluding carboxylic acids is 2. The highest BCUT2D eigenvalue weighted by Crippen LogP contribution is 2.19. The van der Waals surface area contributed by atoms with E-state index in [2.05, 4.69) is 10.6 Å². The average molecular weight is 314 g/mol. The zero-order valence-electron chi connectivity index (χ0n) is 13.0. The summed E-state index contributed by atoms with van der Waals surface area (Å²) in [5, 5.41) is 5.17. The second kappa shape index (κ2) is 7.84. The van der Waals surface area contributed by atoms with Gasteiger partial charge in [-0.1, -0.05) is 24.3 Å². The number of rotatable bonds is 4. The number of amides is 2. The van der Waals surface area contributed by atoms with Gasteiger partial charge in [-0.05, 0) is 43.7 Å². The number of hydrogen-bond acceptors (Lipinski definition) is 4. The highest BCUT2D eigenvalue weighted by Gasteiger charge is 2.08. The summed E-state index contributed by atoms with van der Waals surface area (Å²) in [5.41, 5.74) is 1.87. The summed E-state index contributed by atoms with van der Waals surface area (Å²) in [7, 11) is 0. The topological polar surface area (TPSA) is 76.7 Å². The number of aryl methyl sites for hydroxylation is 1. The molecule has 0 aliphatic carbocycles. The Morgan fingerprint density at radius 3 is 2.26 bits per heavy atom. The Morgan fingerprint density at radius 1 is 0.957 bits per heavy atom. The fourth-order valence-corrected chi connectivity index (χ4v) is 1.87. The van der Waals surface area contributed by atoms with Gasteiger partial charge < -0.3 is 9.47 Å². The van der Waals surface area contributed by atoms with Crippen molar-refractivity contribution in [2.75, 3.05) is 17.2 Å². The van der Waals surface area contributed by atoms with E-state index in [0.717, 1.165) is 5.56 Å². The van der Waals surface area contributed by atoms with Crippen molar-refractivity contribution in [3.63, 3.8) is 0 Å². The van der Waals surface area contributed by atoms with Gasteiger partial charge in [-0.25, -0.2) is 9.59 Å². The summed E-state index contributed by atoms with van der Waals surface area (Å²) in [6.45, 7) is 3.86. The second-order valence-electron chi connectivity index (χ2n) is 4.71. The molecule has 0 spiro atoms. The van der Waals surface area contributed by atoms with Crippen LogP contribution in [0.1, 0.15) is 12.5 Å². The van der Waals surface area contributed by atoms with Crippen molar-refractivity contribution in [3.05, 3.63) is 54.1 Å². The molecule has 0 saturated carbocycles. The van der Waals surface area contributed by atoms with Gasteiger partial charge in [0, 0.05) is 11.4 Å². The Balaban J connectivity index is 1.98. The van der Waals surface area contributed by atoms with E-state index in [9.17, 15) is 9.59 Å². The standard InChI is InChI=1S/C17H18N2O4/c1-3-22-16(20)18-13-8-6-9-14(11-13)19-17(21)23-15-10-5-4-7-12(15)2/h4-11H,3H2,1-2H3,(H,18,20)(H,19,21). The van der Waals surface area contributed by atoms with E-state index in [1.165, 1.54) is 0 Å². The number of benzene rings is 2. The Morgan fingerprint density at radius 2 is 1.61 bits per heavy atom. The van der Waals surface area contributed by atoms with Crippen molar-refractivity contribution in [2.24, 2.45) is 0 Å². The first-order valence-electron chi connectivity index (χ1n) is 7.17. The first-order chi connectivity index (χ1) is 11.1. The molecule has 0 heterocycles. The molecule has 0 radical (unpaired) electrons. The molecule has 120 valence electrons. The van der Waals surface area contributed by atoms with Crippen LogP contribution in [0.15, 0.2) is 48.5 Å². The third kappa shape index (κ3) is 5.03. The van der Waals surface area contributed by atoms with Gasteiger partial charge in [0.15, 0.2) is 0 Å². The van der Waals surface area contributed by atoms with Gasteiger partial charge in [0.1, 0.15) is 5.75 Å². The van der Waals surface area contributed by atoms with E-state index in [1.54, 1.807) is 43.3 Å². The first kappa shape index (κ1) is 16.4. The number of hydrogen-bond donors (Lipinski definition) is 2. The lowest BCUT2D eigenvalue weighted by molar-refractivity contribution is 0.168. The molecule has 0 fully saturated rings. The summed E-state index contributed by atoms with van der Waals surface area (Å²) in [5.74, 6) is 0.491. The van der Waals surface area contributed by atoms with Gasteiger partial charge in [-0.15, -0.1) is 0 Å². The van der Waals surface area contributed by atoms with Crippen molar-refractivity contribution >= 4 is 23.6 Å². The maximum atomic E-state index is 11.9. The van der Waals surface area contributed by atoms with E-state index < -0.39 is 12.2 Å². The largest absolute Gasteiger partial charge is 0.450 e. The lowest BCUT2D eigenvalue weighted by atomic mass is 10.2. The molecule has 0 unspecified atom stereocenters. The van der Waals surface area contributed by atoms with Crippen LogP contribution in [0.25, 0.3) is 0 Å². The van der Waals surface area contributed by atoms with Gasteiger partial charge in [0.25, 0.3) is 0 Å². The molecular formula is C17H18N2O4. The molecule has 23 heavy (non-hydrogen) atoms. The quantitative estimate of drug-likeness (QED) is 0.887. The van der Waals surface area contributed by atoms with Crippen molar-refractivity contribution in [2.45, 2.75) is 13.8 Å². The fourth-order valence-electron chi connectivity index (χ4n) is 1.87. The molecule has 2 aromatic carbocycles. The predicted molar refractivity (Wildman–Crippen MR) is 87.9 cm³/mol. The highest BCUT2D eigenvalue weighted by molar-refractivity contribution is 5.89. The normalized spacial score (nSPS) is 9.83. The van der Waals surface area contributed by atoms with Crippen LogP contribution in [0.3, 0.4) is 0 Å². The second-order valence-corrected chi connectivity index (χ2v) is 4.71. The minimum atomic E-state index is -0.604. The van der Waals surface area contributed by atoms with Gasteiger partial charge in [0.2, 0.25) is 0 Å². The van der Waals surface area contributed by atoms with Crippen molar-refractivity contribution in [3.8, 4) is 5.75 Å². The first-order valence-corrected chi connectivity index (χ1v) is 7.17. The maximum Gasteiger partial charge on any atom is 0.417 e. The molecule has 2 rings (SSSR count). The lowest BCUT2D eigenvalue weighted by Crippen LogP contribution is -2.17. The zero-order chi connectivity index (χ0) is 16.7. The molecule has 2 aromatic rings. The van der Waals surface area contributed by atoms with Crippen LogP contribution in [0.2, 0.25) is 0 Å². The van der Waals surface area contributed by atoms with E-state index in [1.807, 2.05) is 19.1 Å². The van der Waals surface area contributed by atoms with Crippen LogP contribution in [0.4, 0.5) is 21.0 Å². The van der Waals surface area contributed by atoms with Crippen LogP contribution >= 0.6 is 0 Å². The Hall–Kier alpha value is -3.02. The molecule has 0 aliphatic heterocycles. The average Bonchev–Trinajstić information content (AvgIpc) is 2.50. The minimum Gasteiger partial charge on any atom is -0.450 e. The van der Waals surface area contributed by atoms with Crippen LogP contribution < -0.4 is 15.4 Å². The molecular weight excluding hydrogens is 296 g/mol. The lowest BCUT2D eigenvalue weighted by Gasteiger charge is -2.10. The van der Waals surface area contributed by atoms with Gasteiger partial charge in [0.05, 0.1) is 6.61 Å². The molecule has 6 heteroatoms. The number of ether oxygens (including phenoxy) is 2. The van der Waals surface area contributed by atoms with Crippen molar-refractivity contribution in [1.82, 2.24) is 0 Å². The van der Waals surface area contributed by atoms with E-state index in [4.69, 9.17) is 9.47 Å². The maximum absolute atomic E-state index is 11.9. The third-order valence-corrected chi connectivity index (χ3v) is 2.93. The summed E-state index contributed by atoms with van der Waals surface area (Å²) in [4.78, 5) is 23.3. The minimum absolute atomic E-state index is 0.284. The van der Waals surface area contributed by atoms with E-state index in [0.29, 0.717) is 17.1 Å². The molecule has 0 aliphatic rings. The monoisotopic (exact) mass is 314 g/mol. The van der Waals surface area contributed by atoms with Gasteiger partial charge >= 0.3 is 12.2 Å². The van der Waals surface area contributed by atoms with Crippen molar-refractivity contribution < 1.29 is 19.1 Å². The van der Waals surface area contributed by atoms with E-state index in [-0.39, 0.29) is 6.61 Å². The molecule has 0 bridgehead atoms. The Bertz CT molecular complexity index is 700. The van der Waals surface area contributed by atoms with Crippen LogP contribution in [0, 0.1) is 6.92 Å². The summed E-state index contributed by atoms with van der Waals surface area (Å²) < 4.78 is 10.0. The SMILES string of the molecule is CCOC(=O)Nc1cccc(NC(=O)Oc2ccccc2C)c1. The van der Waals surface area contributed by atoms with Gasteiger partial charge in [-0.2, -0.15) is 0 Å². The number of carbonyl (C=O) groups is 2. The molecule has 0 atom stereocenters. The predicted octanol–water partition coefficient (Wildman–Crippen LogP) is 4.17. The van der Waals surface area contributed by atoms with Crippen LogP contribution in [-0.4, -0.2) is 18.8 Å². The Kier molecular flexibility index (Phi) is 5.57. The highest BCUT2D eigenvalue weighted by atomic mass is 16.6. The van der Waals surface area contributed by atoms with Gasteiger partial charge in [-0.3, -0.25) is 10.6 Å². The Labute approximate surface area is 134 Å². The summed E-state index contributed by atoms with van der Waals surface area (Å²) in [6, 6.07) is 13.9. The van der Waals surface area contributed by atoms with Crippen LogP contribution in [-0.2, 0) is 4.74 Å². The molecule has 0 saturated heterocycles. The van der Waals surface area contributed by atoms with Crippen molar-refractivity contribution in [1.29, 1.82) is 0 Å². The zero-order valence-corrected chi connectivity index (χ0v) is 13.0. The number of anilines is 2. The molecule has 0 aromatic heterocycles. The fraction of sp³-hybridized carbons (Fsp3) is 0.176. The van der Waals surface area contributed by atoms with Crippen LogP contribution in [0.5, 0.6) is 5.75 Å². The molecule has 6 nitrogen and oxygen atoms in total. The molecule has 2 N–H and O–H groups in total. The molecule has 2 amide bonds. The number of para-hydroxylation sites is 1. The third-order valence-electron chi connectivity index (χ3n) is 2.93. The smallest absolute Gasteiger partial charge is 0.417 e. The summed E-state index contributed by atoms with van der Waals surface area (Å²) >= 11 is 0. The summed E-state index contributed by atoms with van der Waals surface area (Å²) in [6.07, 6.45) is -1.15.